The standard InChI is InChI=1S/C15H12BrF2N/c16-10-5-6-11-9(8-10)4-7-13(11)19-14-3-1-2-12(17)15(14)18/h1-3,5-6,8,13,19H,4,7H2. The summed E-state index contributed by atoms with van der Waals surface area (Å²) in [5.41, 5.74) is 2.64. The number of benzene rings is 2. The van der Waals surface area contributed by atoms with E-state index < -0.39 is 11.6 Å². The molecule has 1 aliphatic carbocycles. The van der Waals surface area contributed by atoms with Crippen LogP contribution in [0.5, 0.6) is 0 Å². The fourth-order valence-corrected chi connectivity index (χ4v) is 2.95. The Kier molecular flexibility index (Phi) is 3.27. The molecule has 0 saturated heterocycles. The lowest BCUT2D eigenvalue weighted by Crippen LogP contribution is -2.09. The molecule has 0 radical (unpaired) electrons. The van der Waals surface area contributed by atoms with Gasteiger partial charge in [0.05, 0.1) is 11.7 Å². The summed E-state index contributed by atoms with van der Waals surface area (Å²) in [5.74, 6) is -1.63. The van der Waals surface area contributed by atoms with Gasteiger partial charge in [-0.15, -0.1) is 0 Å². The molecule has 1 aliphatic rings. The first-order valence-electron chi connectivity index (χ1n) is 6.14. The van der Waals surface area contributed by atoms with Gasteiger partial charge in [-0.3, -0.25) is 0 Å². The highest BCUT2D eigenvalue weighted by Gasteiger charge is 2.23. The molecule has 0 saturated carbocycles. The molecule has 3 rings (SSSR count). The molecule has 19 heavy (non-hydrogen) atoms. The van der Waals surface area contributed by atoms with Gasteiger partial charge in [0.1, 0.15) is 0 Å². The molecule has 0 aromatic heterocycles. The number of hydrogen-bond acceptors (Lipinski definition) is 1. The Balaban J connectivity index is 1.89. The molecular formula is C15H12BrF2N. The van der Waals surface area contributed by atoms with Crippen LogP contribution < -0.4 is 5.32 Å². The summed E-state index contributed by atoms with van der Waals surface area (Å²) >= 11 is 3.44. The third kappa shape index (κ3) is 2.37. The molecule has 0 fully saturated rings. The molecule has 2 aromatic rings. The smallest absolute Gasteiger partial charge is 0.181 e. The van der Waals surface area contributed by atoms with Gasteiger partial charge in [0.2, 0.25) is 0 Å². The minimum atomic E-state index is -0.820. The van der Waals surface area contributed by atoms with E-state index in [-0.39, 0.29) is 11.7 Å². The van der Waals surface area contributed by atoms with Crippen molar-refractivity contribution in [3.05, 3.63) is 63.6 Å². The van der Waals surface area contributed by atoms with Gasteiger partial charge in [-0.25, -0.2) is 8.78 Å². The van der Waals surface area contributed by atoms with Gasteiger partial charge in [-0.2, -0.15) is 0 Å². The molecular weight excluding hydrogens is 312 g/mol. The number of aryl methyl sites for hydroxylation is 1. The minimum absolute atomic E-state index is 0.0411. The predicted molar refractivity (Wildman–Crippen MR) is 75.2 cm³/mol. The fourth-order valence-electron chi connectivity index (χ4n) is 2.54. The maximum atomic E-state index is 13.7. The van der Waals surface area contributed by atoms with Crippen LogP contribution in [0.25, 0.3) is 0 Å². The van der Waals surface area contributed by atoms with Gasteiger partial charge in [0.25, 0.3) is 0 Å². The summed E-state index contributed by atoms with van der Waals surface area (Å²) in [6, 6.07) is 10.3. The van der Waals surface area contributed by atoms with Crippen molar-refractivity contribution in [3.8, 4) is 0 Å². The van der Waals surface area contributed by atoms with Crippen molar-refractivity contribution in [2.45, 2.75) is 18.9 Å². The van der Waals surface area contributed by atoms with Gasteiger partial charge in [0, 0.05) is 4.47 Å². The number of hydrogen-bond donors (Lipinski definition) is 1. The van der Waals surface area contributed by atoms with Crippen molar-refractivity contribution in [2.24, 2.45) is 0 Å². The monoisotopic (exact) mass is 323 g/mol. The second kappa shape index (κ2) is 4.93. The summed E-state index contributed by atoms with van der Waals surface area (Å²) < 4.78 is 27.9. The lowest BCUT2D eigenvalue weighted by molar-refractivity contribution is 0.509. The second-order valence-corrected chi connectivity index (χ2v) is 5.60. The summed E-state index contributed by atoms with van der Waals surface area (Å²) in [5, 5.41) is 3.10. The average Bonchev–Trinajstić information content (AvgIpc) is 2.77. The Labute approximate surface area is 118 Å². The van der Waals surface area contributed by atoms with Crippen LogP contribution >= 0.6 is 15.9 Å². The SMILES string of the molecule is Fc1cccc(NC2CCc3cc(Br)ccc32)c1F. The molecule has 0 aliphatic heterocycles. The first-order valence-corrected chi connectivity index (χ1v) is 6.93. The zero-order chi connectivity index (χ0) is 13.4. The molecule has 1 nitrogen and oxygen atoms in total. The first-order chi connectivity index (χ1) is 9.15. The molecule has 98 valence electrons. The number of anilines is 1. The Morgan fingerprint density at radius 1 is 1.16 bits per heavy atom. The topological polar surface area (TPSA) is 12.0 Å². The quantitative estimate of drug-likeness (QED) is 0.834. The zero-order valence-electron chi connectivity index (χ0n) is 10.1. The van der Waals surface area contributed by atoms with Crippen LogP contribution in [0.15, 0.2) is 40.9 Å². The van der Waals surface area contributed by atoms with E-state index in [2.05, 4.69) is 27.3 Å². The maximum Gasteiger partial charge on any atom is 0.181 e. The van der Waals surface area contributed by atoms with Crippen LogP contribution in [0.4, 0.5) is 14.5 Å². The van der Waals surface area contributed by atoms with E-state index in [1.807, 2.05) is 12.1 Å². The van der Waals surface area contributed by atoms with Crippen molar-refractivity contribution >= 4 is 21.6 Å². The van der Waals surface area contributed by atoms with E-state index in [4.69, 9.17) is 0 Å². The predicted octanol–water partition coefficient (Wildman–Crippen LogP) is 4.83. The van der Waals surface area contributed by atoms with Crippen LogP contribution in [0.2, 0.25) is 0 Å². The molecule has 1 atom stereocenters. The zero-order valence-corrected chi connectivity index (χ0v) is 11.7. The lowest BCUT2D eigenvalue weighted by atomic mass is 10.1. The van der Waals surface area contributed by atoms with Crippen LogP contribution in [0.1, 0.15) is 23.6 Å². The molecule has 1 unspecified atom stereocenters. The molecule has 0 heterocycles. The maximum absolute atomic E-state index is 13.7. The van der Waals surface area contributed by atoms with E-state index in [9.17, 15) is 8.78 Å². The van der Waals surface area contributed by atoms with Gasteiger partial charge in [0.15, 0.2) is 11.6 Å². The van der Waals surface area contributed by atoms with Crippen LogP contribution in [0, 0.1) is 11.6 Å². The molecule has 1 N–H and O–H groups in total. The Morgan fingerprint density at radius 2 is 2.00 bits per heavy atom. The highest BCUT2D eigenvalue weighted by Crippen LogP contribution is 2.35. The number of halogens is 3. The Bertz CT molecular complexity index is 628. The van der Waals surface area contributed by atoms with Gasteiger partial charge in [-0.05, 0) is 48.2 Å². The Morgan fingerprint density at radius 3 is 2.84 bits per heavy atom. The summed E-state index contributed by atoms with van der Waals surface area (Å²) in [6.45, 7) is 0. The summed E-state index contributed by atoms with van der Waals surface area (Å²) in [6.07, 6.45) is 1.84. The molecule has 0 bridgehead atoms. The third-order valence-electron chi connectivity index (χ3n) is 3.46. The average molecular weight is 324 g/mol. The number of fused-ring (bicyclic) bond motifs is 1. The lowest BCUT2D eigenvalue weighted by Gasteiger charge is -2.16. The van der Waals surface area contributed by atoms with Gasteiger partial charge >= 0.3 is 0 Å². The highest BCUT2D eigenvalue weighted by atomic mass is 79.9. The van der Waals surface area contributed by atoms with E-state index >= 15 is 0 Å². The third-order valence-corrected chi connectivity index (χ3v) is 3.96. The van der Waals surface area contributed by atoms with Crippen molar-refractivity contribution in [2.75, 3.05) is 5.32 Å². The van der Waals surface area contributed by atoms with Crippen molar-refractivity contribution < 1.29 is 8.78 Å². The van der Waals surface area contributed by atoms with Crippen molar-refractivity contribution in [3.63, 3.8) is 0 Å². The van der Waals surface area contributed by atoms with Gasteiger partial charge in [-0.1, -0.05) is 28.1 Å². The first kappa shape index (κ1) is 12.6. The number of nitrogens with one attached hydrogen (secondary N) is 1. The van der Waals surface area contributed by atoms with Crippen molar-refractivity contribution in [1.82, 2.24) is 0 Å². The largest absolute Gasteiger partial charge is 0.376 e. The normalized spacial score (nSPS) is 17.3. The highest BCUT2D eigenvalue weighted by molar-refractivity contribution is 9.10. The summed E-state index contributed by atoms with van der Waals surface area (Å²) in [7, 11) is 0. The van der Waals surface area contributed by atoms with E-state index in [1.54, 1.807) is 6.07 Å². The van der Waals surface area contributed by atoms with Crippen LogP contribution in [-0.4, -0.2) is 0 Å². The van der Waals surface area contributed by atoms with Crippen LogP contribution in [-0.2, 0) is 6.42 Å². The second-order valence-electron chi connectivity index (χ2n) is 4.68. The van der Waals surface area contributed by atoms with E-state index in [1.165, 1.54) is 11.6 Å². The van der Waals surface area contributed by atoms with E-state index in [0.717, 1.165) is 28.9 Å². The fraction of sp³-hybridized carbons (Fsp3) is 0.200. The van der Waals surface area contributed by atoms with Crippen molar-refractivity contribution in [1.29, 1.82) is 0 Å². The Hall–Kier alpha value is -1.42. The minimum Gasteiger partial charge on any atom is -0.376 e. The molecule has 0 spiro atoms. The molecule has 0 amide bonds. The van der Waals surface area contributed by atoms with Crippen LogP contribution in [0.3, 0.4) is 0 Å². The number of rotatable bonds is 2. The molecule has 4 heteroatoms. The van der Waals surface area contributed by atoms with E-state index in [0.29, 0.717) is 0 Å². The van der Waals surface area contributed by atoms with Gasteiger partial charge < -0.3 is 5.32 Å². The summed E-state index contributed by atoms with van der Waals surface area (Å²) in [4.78, 5) is 0. The molecule has 2 aromatic carbocycles.